The van der Waals surface area contributed by atoms with E-state index in [1.807, 2.05) is 122 Å². The zero-order chi connectivity index (χ0) is 57.2. The predicted molar refractivity (Wildman–Crippen MR) is 327 cm³/mol. The molecule has 1 saturated heterocycles. The summed E-state index contributed by atoms with van der Waals surface area (Å²) in [5.41, 5.74) is 7.15. The number of halogens is 2. The Bertz CT molecular complexity index is 3610. The third-order valence-corrected chi connectivity index (χ3v) is 18.8. The summed E-state index contributed by atoms with van der Waals surface area (Å²) in [4.78, 5) is 23.4. The lowest BCUT2D eigenvalue weighted by atomic mass is 9.72. The summed E-state index contributed by atoms with van der Waals surface area (Å²) < 4.78 is 45.6. The fourth-order valence-electron chi connectivity index (χ4n) is 12.3. The smallest absolute Gasteiger partial charge is 0.268 e. The Hall–Kier alpha value is -7.00. The van der Waals surface area contributed by atoms with Gasteiger partial charge in [-0.3, -0.25) is 14.4 Å². The molecule has 0 spiro atoms. The number of nitrogens with one attached hydrogen (secondary N) is 1. The Balaban J connectivity index is 0.899. The third-order valence-electron chi connectivity index (χ3n) is 17.0. The summed E-state index contributed by atoms with van der Waals surface area (Å²) in [7, 11) is -4.52. The first-order valence-electron chi connectivity index (χ1n) is 28.4. The number of sulfonamides is 1. The van der Waals surface area contributed by atoms with Gasteiger partial charge in [-0.25, -0.2) is 18.1 Å². The Labute approximate surface area is 491 Å². The van der Waals surface area contributed by atoms with Crippen molar-refractivity contribution in [1.29, 1.82) is 0 Å². The number of hydrogen-bond acceptors (Lipinski definition) is 10. The minimum absolute atomic E-state index is 0.000150. The zero-order valence-corrected chi connectivity index (χ0v) is 49.2. The predicted octanol–water partition coefficient (Wildman–Crippen LogP) is 14.2. The van der Waals surface area contributed by atoms with Gasteiger partial charge < -0.3 is 19.5 Å². The van der Waals surface area contributed by atoms with E-state index >= 15 is 0 Å². The highest BCUT2D eigenvalue weighted by atomic mass is 35.5. The van der Waals surface area contributed by atoms with Crippen LogP contribution in [0.15, 0.2) is 181 Å². The second-order valence-corrected chi connectivity index (χ2v) is 26.1. The number of rotatable bonds is 17. The normalized spacial score (nSPS) is 18.1. The number of pyridine rings is 1. The Morgan fingerprint density at radius 3 is 2.01 bits per heavy atom. The molecule has 0 bridgehead atoms. The van der Waals surface area contributed by atoms with Crippen LogP contribution in [0.25, 0.3) is 16.5 Å². The second-order valence-electron chi connectivity index (χ2n) is 23.6. The maximum Gasteiger partial charge on any atom is 0.268 e. The van der Waals surface area contributed by atoms with Crippen molar-refractivity contribution in [3.8, 4) is 17.4 Å². The number of ether oxygens (including phenoxy) is 2. The number of amides is 1. The van der Waals surface area contributed by atoms with Crippen molar-refractivity contribution in [2.75, 3.05) is 44.2 Å². The lowest BCUT2D eigenvalue weighted by molar-refractivity contribution is -0.00912. The number of aromatic nitrogens is 3. The third kappa shape index (κ3) is 12.2. The van der Waals surface area contributed by atoms with Crippen LogP contribution in [0.4, 0.5) is 5.69 Å². The highest BCUT2D eigenvalue weighted by Crippen LogP contribution is 2.45. The van der Waals surface area contributed by atoms with Crippen molar-refractivity contribution in [3.63, 3.8) is 0 Å². The SMILES string of the molecule is CC1(C)CCC(CN2CCN(c3ccc(C(=O)NS(=O)(=O)c4cnc(OCC5CCC(C(C)(C)O)CC5)c(Cl)c4)c(Oc4cccc5nn(C(c6ccccc6)(c6ccccc6)c6ccccc6)cc45)c3)CC2)=C(c2ccc(Cl)cc2)C1. The number of benzene rings is 6. The van der Waals surface area contributed by atoms with E-state index in [0.717, 1.165) is 98.2 Å². The van der Waals surface area contributed by atoms with Crippen LogP contribution in [0, 0.1) is 17.3 Å². The quantitative estimate of drug-likeness (QED) is 0.0847. The number of fused-ring (bicyclic) bond motifs is 1. The molecule has 3 heterocycles. The van der Waals surface area contributed by atoms with Gasteiger partial charge in [0.15, 0.2) is 0 Å². The van der Waals surface area contributed by atoms with Gasteiger partial charge in [0.1, 0.15) is 27.0 Å². The second kappa shape index (κ2) is 23.7. The molecule has 1 aliphatic heterocycles. The van der Waals surface area contributed by atoms with E-state index in [9.17, 15) is 18.3 Å². The average Bonchev–Trinajstić information content (AvgIpc) is 4.05. The number of hydrogen-bond donors (Lipinski definition) is 2. The van der Waals surface area contributed by atoms with E-state index in [2.05, 4.69) is 81.9 Å². The molecule has 1 saturated carbocycles. The van der Waals surface area contributed by atoms with Crippen LogP contribution in [0.1, 0.15) is 105 Å². The van der Waals surface area contributed by atoms with Crippen molar-refractivity contribution < 1.29 is 27.8 Å². The molecule has 82 heavy (non-hydrogen) atoms. The van der Waals surface area contributed by atoms with Gasteiger partial charge in [-0.15, -0.1) is 0 Å². The van der Waals surface area contributed by atoms with Gasteiger partial charge >= 0.3 is 0 Å². The summed E-state index contributed by atoms with van der Waals surface area (Å²) >= 11 is 13.0. The molecule has 3 aliphatic rings. The average molecular weight is 1160 g/mol. The maximum atomic E-state index is 14.6. The summed E-state index contributed by atoms with van der Waals surface area (Å²) in [6, 6.07) is 51.3. The molecular formula is C67H70Cl2N6O6S. The van der Waals surface area contributed by atoms with E-state index < -0.39 is 27.1 Å². The van der Waals surface area contributed by atoms with Crippen molar-refractivity contribution in [2.24, 2.45) is 17.3 Å². The van der Waals surface area contributed by atoms with Gasteiger partial charge in [0.2, 0.25) is 5.88 Å². The minimum Gasteiger partial charge on any atom is -0.476 e. The molecule has 8 aromatic rings. The molecule has 11 rings (SSSR count). The number of carbonyl (C=O) groups is 1. The van der Waals surface area contributed by atoms with E-state index in [-0.39, 0.29) is 44.4 Å². The van der Waals surface area contributed by atoms with Gasteiger partial charge in [-0.1, -0.05) is 152 Å². The topological polar surface area (TPSA) is 139 Å². The number of allylic oxidation sites excluding steroid dienone is 1. The standard InChI is InChI=1S/C67H70Cl2N6O6S/c1-65(2)34-33-48(57(41-65)47-25-29-53(68)30-26-47)43-73-35-37-74(38-36-73)54-31-32-56(63(76)72-82(78,79)55-40-59(69)64(70-42-55)80-45-46-23-27-49(28-24-46)66(3,4)77)62(39-54)81-61-22-14-21-60-58(61)44-75(71-60)67(50-15-8-5-9-16-50,51-17-10-6-11-18-51)52-19-12-7-13-20-52/h5-22,25-26,29-32,39-40,42,44,46,49,77H,23-24,27-28,33-38,41,43,45H2,1-4H3,(H,72,76). The van der Waals surface area contributed by atoms with Crippen LogP contribution in [0.5, 0.6) is 17.4 Å². The first-order chi connectivity index (χ1) is 39.4. The van der Waals surface area contributed by atoms with Gasteiger partial charge in [-0.05, 0) is 146 Å². The molecule has 2 aliphatic carbocycles. The molecule has 6 aromatic carbocycles. The van der Waals surface area contributed by atoms with Crippen LogP contribution in [-0.2, 0) is 15.6 Å². The molecule has 0 unspecified atom stereocenters. The highest BCUT2D eigenvalue weighted by molar-refractivity contribution is 7.90. The molecule has 424 valence electrons. The van der Waals surface area contributed by atoms with E-state index in [1.54, 1.807) is 6.07 Å². The molecule has 1 amide bonds. The van der Waals surface area contributed by atoms with E-state index in [4.69, 9.17) is 37.8 Å². The van der Waals surface area contributed by atoms with Crippen molar-refractivity contribution in [1.82, 2.24) is 24.4 Å². The number of aliphatic hydroxyl groups is 1. The maximum absolute atomic E-state index is 14.6. The monoisotopic (exact) mass is 1160 g/mol. The van der Waals surface area contributed by atoms with Crippen molar-refractivity contribution >= 4 is 61.3 Å². The van der Waals surface area contributed by atoms with Crippen LogP contribution >= 0.6 is 23.2 Å². The summed E-state index contributed by atoms with van der Waals surface area (Å²) in [6.45, 7) is 12.7. The summed E-state index contributed by atoms with van der Waals surface area (Å²) in [6.07, 6.45) is 9.84. The van der Waals surface area contributed by atoms with Crippen LogP contribution in [-0.4, -0.2) is 84.0 Å². The van der Waals surface area contributed by atoms with Gasteiger partial charge in [0.05, 0.1) is 34.9 Å². The molecule has 0 atom stereocenters. The Morgan fingerprint density at radius 2 is 1.40 bits per heavy atom. The number of nitrogens with zero attached hydrogens (tertiary/aromatic N) is 5. The van der Waals surface area contributed by atoms with Crippen LogP contribution in [0.2, 0.25) is 10.0 Å². The van der Waals surface area contributed by atoms with Crippen LogP contribution < -0.4 is 19.1 Å². The zero-order valence-electron chi connectivity index (χ0n) is 46.9. The largest absolute Gasteiger partial charge is 0.476 e. The Morgan fingerprint density at radius 1 is 0.768 bits per heavy atom. The summed E-state index contributed by atoms with van der Waals surface area (Å²) in [5.74, 6) is 0.247. The Kier molecular flexibility index (Phi) is 16.4. The van der Waals surface area contributed by atoms with Gasteiger partial charge in [0, 0.05) is 55.7 Å². The fourth-order valence-corrected chi connectivity index (χ4v) is 13.7. The van der Waals surface area contributed by atoms with Crippen molar-refractivity contribution in [2.45, 2.75) is 88.7 Å². The number of carbonyl (C=O) groups excluding carboxylic acids is 1. The first kappa shape index (κ1) is 56.8. The fraction of sp³-hybridized carbons (Fsp3) is 0.328. The van der Waals surface area contributed by atoms with Crippen molar-refractivity contribution in [3.05, 3.63) is 214 Å². The number of piperazine rings is 1. The van der Waals surface area contributed by atoms with Gasteiger partial charge in [0.25, 0.3) is 15.9 Å². The van der Waals surface area contributed by atoms with Crippen LogP contribution in [0.3, 0.4) is 0 Å². The first-order valence-corrected chi connectivity index (χ1v) is 30.7. The molecule has 2 N–H and O–H groups in total. The lowest BCUT2D eigenvalue weighted by Gasteiger charge is -2.39. The molecule has 15 heteroatoms. The molecular weight excluding hydrogens is 1090 g/mol. The highest BCUT2D eigenvalue weighted by Gasteiger charge is 2.40. The van der Waals surface area contributed by atoms with E-state index in [0.29, 0.717) is 36.3 Å². The molecule has 0 radical (unpaired) electrons. The minimum atomic E-state index is -4.52. The van der Waals surface area contributed by atoms with E-state index in [1.165, 1.54) is 22.8 Å². The molecule has 12 nitrogen and oxygen atoms in total. The summed E-state index contributed by atoms with van der Waals surface area (Å²) in [5, 5.41) is 17.2. The number of anilines is 1. The van der Waals surface area contributed by atoms with Gasteiger partial charge in [-0.2, -0.15) is 5.10 Å². The lowest BCUT2D eigenvalue weighted by Crippen LogP contribution is -2.47. The molecule has 2 aromatic heterocycles. The molecule has 2 fully saturated rings.